The number of aryl methyl sites for hydroxylation is 1. The first kappa shape index (κ1) is 18.3. The Bertz CT molecular complexity index is 835. The third kappa shape index (κ3) is 3.99. The van der Waals surface area contributed by atoms with Crippen LogP contribution in [-0.2, 0) is 11.2 Å². The predicted molar refractivity (Wildman–Crippen MR) is 94.6 cm³/mol. The fourth-order valence-corrected chi connectivity index (χ4v) is 3.49. The summed E-state index contributed by atoms with van der Waals surface area (Å²) >= 11 is 0. The number of benzene rings is 1. The van der Waals surface area contributed by atoms with Gasteiger partial charge in [-0.3, -0.25) is 4.79 Å². The van der Waals surface area contributed by atoms with Crippen molar-refractivity contribution >= 4 is 5.91 Å². The fraction of sp³-hybridized carbons (Fsp3) is 0.421. The van der Waals surface area contributed by atoms with E-state index in [9.17, 15) is 14.0 Å². The molecule has 1 amide bonds. The van der Waals surface area contributed by atoms with Crippen LogP contribution in [0.3, 0.4) is 0 Å². The van der Waals surface area contributed by atoms with Gasteiger partial charge in [0.1, 0.15) is 11.5 Å². The number of halogens is 1. The second-order valence-electron chi connectivity index (χ2n) is 6.57. The number of aromatic nitrogens is 2. The Labute approximate surface area is 151 Å². The highest BCUT2D eigenvalue weighted by atomic mass is 19.1. The summed E-state index contributed by atoms with van der Waals surface area (Å²) in [5, 5.41) is 0. The van der Waals surface area contributed by atoms with Crippen LogP contribution in [0.15, 0.2) is 35.1 Å². The van der Waals surface area contributed by atoms with Crippen molar-refractivity contribution in [2.75, 3.05) is 13.7 Å². The Kier molecular flexibility index (Phi) is 5.46. The van der Waals surface area contributed by atoms with Crippen LogP contribution in [0.4, 0.5) is 4.39 Å². The molecule has 3 rings (SSSR count). The van der Waals surface area contributed by atoms with Crippen LogP contribution in [0.25, 0.3) is 0 Å². The summed E-state index contributed by atoms with van der Waals surface area (Å²) in [7, 11) is 1.63. The van der Waals surface area contributed by atoms with E-state index in [0.717, 1.165) is 18.4 Å². The second-order valence-corrected chi connectivity index (χ2v) is 6.57. The number of carbonyl (C=O) groups is 1. The first-order valence-corrected chi connectivity index (χ1v) is 8.64. The lowest BCUT2D eigenvalue weighted by Gasteiger charge is -2.40. The fourth-order valence-electron chi connectivity index (χ4n) is 3.49. The standard InChI is InChI=1S/C19H22FN3O3/c1-12-10-15(22-19(25)21-12)18(24)23-9-3-4-17(26-2)16(23)11-13-5-7-14(20)8-6-13/h5-8,10,16-17H,3-4,9,11H2,1-2H3,(H,21,22,25)/t16-,17-/m0/s1. The van der Waals surface area contributed by atoms with Gasteiger partial charge in [-0.15, -0.1) is 0 Å². The lowest BCUT2D eigenvalue weighted by Crippen LogP contribution is -2.53. The third-order valence-electron chi connectivity index (χ3n) is 4.74. The van der Waals surface area contributed by atoms with E-state index in [4.69, 9.17) is 4.74 Å². The van der Waals surface area contributed by atoms with Gasteiger partial charge in [0.15, 0.2) is 0 Å². The van der Waals surface area contributed by atoms with Crippen molar-refractivity contribution in [2.45, 2.75) is 38.3 Å². The monoisotopic (exact) mass is 359 g/mol. The van der Waals surface area contributed by atoms with Gasteiger partial charge in [-0.2, -0.15) is 4.98 Å². The van der Waals surface area contributed by atoms with E-state index in [1.165, 1.54) is 12.1 Å². The SMILES string of the molecule is CO[C@H]1CCCN(C(=O)c2cc(C)[nH]c(=O)n2)[C@H]1Cc1ccc(F)cc1. The molecule has 7 heteroatoms. The van der Waals surface area contributed by atoms with E-state index < -0.39 is 5.69 Å². The molecule has 2 aromatic rings. The molecule has 26 heavy (non-hydrogen) atoms. The number of ether oxygens (including phenoxy) is 1. The van der Waals surface area contributed by atoms with Crippen LogP contribution in [0.2, 0.25) is 0 Å². The summed E-state index contributed by atoms with van der Waals surface area (Å²) < 4.78 is 18.8. The van der Waals surface area contributed by atoms with Gasteiger partial charge in [0, 0.05) is 19.3 Å². The van der Waals surface area contributed by atoms with Crippen LogP contribution in [-0.4, -0.2) is 46.6 Å². The van der Waals surface area contributed by atoms with Crippen molar-refractivity contribution in [3.05, 3.63) is 63.6 Å². The van der Waals surface area contributed by atoms with Crippen molar-refractivity contribution in [1.82, 2.24) is 14.9 Å². The summed E-state index contributed by atoms with van der Waals surface area (Å²) in [4.78, 5) is 32.7. The molecule has 0 radical (unpaired) electrons. The molecule has 6 nitrogen and oxygen atoms in total. The number of rotatable bonds is 4. The topological polar surface area (TPSA) is 75.3 Å². The molecular weight excluding hydrogens is 337 g/mol. The van der Waals surface area contributed by atoms with Crippen molar-refractivity contribution in [1.29, 1.82) is 0 Å². The van der Waals surface area contributed by atoms with Gasteiger partial charge >= 0.3 is 5.69 Å². The molecule has 2 atom stereocenters. The van der Waals surface area contributed by atoms with Gasteiger partial charge < -0.3 is 14.6 Å². The second kappa shape index (κ2) is 7.78. The number of hydrogen-bond acceptors (Lipinski definition) is 4. The number of H-pyrrole nitrogens is 1. The van der Waals surface area contributed by atoms with Gasteiger partial charge in [0.2, 0.25) is 0 Å². The summed E-state index contributed by atoms with van der Waals surface area (Å²) in [5.41, 5.74) is 1.10. The Balaban J connectivity index is 1.89. The van der Waals surface area contributed by atoms with Gasteiger partial charge in [0.25, 0.3) is 5.91 Å². The first-order valence-electron chi connectivity index (χ1n) is 8.64. The number of amides is 1. The lowest BCUT2D eigenvalue weighted by molar-refractivity contribution is -0.0120. The van der Waals surface area contributed by atoms with Gasteiger partial charge in [-0.25, -0.2) is 9.18 Å². The molecule has 1 aromatic carbocycles. The van der Waals surface area contributed by atoms with E-state index >= 15 is 0 Å². The Morgan fingerprint density at radius 3 is 2.77 bits per heavy atom. The van der Waals surface area contributed by atoms with E-state index in [0.29, 0.717) is 18.7 Å². The number of nitrogens with zero attached hydrogens (tertiary/aromatic N) is 2. The summed E-state index contributed by atoms with van der Waals surface area (Å²) in [5.74, 6) is -0.579. The van der Waals surface area contributed by atoms with Crippen molar-refractivity contribution < 1.29 is 13.9 Å². The molecule has 1 fully saturated rings. The maximum absolute atomic E-state index is 13.2. The molecular formula is C19H22FN3O3. The van der Waals surface area contributed by atoms with Crippen LogP contribution < -0.4 is 5.69 Å². The minimum Gasteiger partial charge on any atom is -0.379 e. The van der Waals surface area contributed by atoms with Crippen molar-refractivity contribution in [2.24, 2.45) is 0 Å². The normalized spacial score (nSPS) is 20.2. The summed E-state index contributed by atoms with van der Waals surface area (Å²) in [6.07, 6.45) is 2.08. The molecule has 1 N–H and O–H groups in total. The molecule has 1 aliphatic heterocycles. The minimum absolute atomic E-state index is 0.124. The van der Waals surface area contributed by atoms with E-state index in [1.807, 2.05) is 0 Å². The summed E-state index contributed by atoms with van der Waals surface area (Å²) in [6, 6.07) is 7.63. The zero-order valence-electron chi connectivity index (χ0n) is 14.9. The van der Waals surface area contributed by atoms with Crippen molar-refractivity contribution in [3.8, 4) is 0 Å². The highest BCUT2D eigenvalue weighted by Gasteiger charge is 2.35. The number of hydrogen-bond donors (Lipinski definition) is 1. The van der Waals surface area contributed by atoms with Crippen molar-refractivity contribution in [3.63, 3.8) is 0 Å². The van der Waals surface area contributed by atoms with E-state index in [-0.39, 0.29) is 29.6 Å². The molecule has 1 aliphatic rings. The van der Waals surface area contributed by atoms with E-state index in [1.54, 1.807) is 37.1 Å². The molecule has 0 saturated carbocycles. The minimum atomic E-state index is -0.538. The molecule has 0 unspecified atom stereocenters. The predicted octanol–water partition coefficient (Wildman–Crippen LogP) is 2.08. The zero-order chi connectivity index (χ0) is 18.7. The maximum Gasteiger partial charge on any atom is 0.345 e. The number of piperidine rings is 1. The number of carbonyl (C=O) groups excluding carboxylic acids is 1. The quantitative estimate of drug-likeness (QED) is 0.907. The third-order valence-corrected chi connectivity index (χ3v) is 4.74. The molecule has 138 valence electrons. The highest BCUT2D eigenvalue weighted by Crippen LogP contribution is 2.25. The first-order chi connectivity index (χ1) is 12.5. The molecule has 1 saturated heterocycles. The van der Waals surface area contributed by atoms with E-state index in [2.05, 4.69) is 9.97 Å². The van der Waals surface area contributed by atoms with Crippen LogP contribution in [0.1, 0.15) is 34.6 Å². The van der Waals surface area contributed by atoms with Gasteiger partial charge in [-0.05, 0) is 49.9 Å². The smallest absolute Gasteiger partial charge is 0.345 e. The average molecular weight is 359 g/mol. The maximum atomic E-state index is 13.2. The average Bonchev–Trinajstić information content (AvgIpc) is 2.62. The van der Waals surface area contributed by atoms with Gasteiger partial charge in [0.05, 0.1) is 12.1 Å². The number of aromatic amines is 1. The molecule has 0 spiro atoms. The molecule has 1 aromatic heterocycles. The number of nitrogens with one attached hydrogen (secondary N) is 1. The Morgan fingerprint density at radius 1 is 1.38 bits per heavy atom. The number of likely N-dealkylation sites (tertiary alicyclic amines) is 1. The molecule has 0 aliphatic carbocycles. The zero-order valence-corrected chi connectivity index (χ0v) is 14.9. The van der Waals surface area contributed by atoms with Crippen LogP contribution in [0.5, 0.6) is 0 Å². The Hall–Kier alpha value is -2.54. The largest absolute Gasteiger partial charge is 0.379 e. The summed E-state index contributed by atoms with van der Waals surface area (Å²) in [6.45, 7) is 2.28. The highest BCUT2D eigenvalue weighted by molar-refractivity contribution is 5.92. The molecule has 2 heterocycles. The Morgan fingerprint density at radius 2 is 2.12 bits per heavy atom. The van der Waals surface area contributed by atoms with Crippen LogP contribution >= 0.6 is 0 Å². The molecule has 0 bridgehead atoms. The van der Waals surface area contributed by atoms with Gasteiger partial charge in [-0.1, -0.05) is 12.1 Å². The van der Waals surface area contributed by atoms with Crippen LogP contribution in [0, 0.1) is 12.7 Å². The lowest BCUT2D eigenvalue weighted by atomic mass is 9.92. The number of methoxy groups -OCH3 is 1.